The van der Waals surface area contributed by atoms with E-state index < -0.39 is 10.0 Å². The van der Waals surface area contributed by atoms with Gasteiger partial charge in [-0.15, -0.1) is 11.8 Å². The second-order valence-corrected chi connectivity index (χ2v) is 13.2. The van der Waals surface area contributed by atoms with Gasteiger partial charge in [-0.2, -0.15) is 4.31 Å². The zero-order valence-corrected chi connectivity index (χ0v) is 23.1. The molecular weight excluding hydrogens is 530 g/mol. The van der Waals surface area contributed by atoms with Crippen LogP contribution in [0, 0.1) is 5.92 Å². The molecular formula is C30H31N3O4S2. The van der Waals surface area contributed by atoms with E-state index in [4.69, 9.17) is 0 Å². The Morgan fingerprint density at radius 1 is 0.949 bits per heavy atom. The Labute approximate surface area is 233 Å². The molecule has 0 aromatic heterocycles. The van der Waals surface area contributed by atoms with Gasteiger partial charge in [0, 0.05) is 30.4 Å². The number of fused-ring (bicyclic) bond motifs is 1. The third-order valence-electron chi connectivity index (χ3n) is 7.21. The highest BCUT2D eigenvalue weighted by Gasteiger charge is 2.45. The standard InChI is InChI=1S/C30H31N3O4S2/c1-2-28(34)32-29-18-25-19-33(20-27(25)38-29)39(36,37)26-14-12-24(13-15-26)30(35)31-17-16-21-8-10-23(11-9-21)22-6-4-3-5-7-22/h2-15,25,27,29H,1,16-20H2,(H,31,35)(H,32,34). The second kappa shape index (κ2) is 11.8. The SMILES string of the molecule is C=CC(=O)NC1CC2CN(S(=O)(=O)c3ccc(C(=O)NCCc4ccc(-c5ccccc5)cc4)cc3)CC2S1. The Bertz CT molecular complexity index is 1430. The van der Waals surface area contributed by atoms with E-state index in [-0.39, 0.29) is 33.3 Å². The normalized spacial score (nSPS) is 20.8. The molecule has 5 rings (SSSR count). The number of nitrogens with zero attached hydrogens (tertiary/aromatic N) is 1. The Hall–Kier alpha value is -3.40. The lowest BCUT2D eigenvalue weighted by atomic mass is 10.0. The van der Waals surface area contributed by atoms with E-state index in [1.54, 1.807) is 23.9 Å². The minimum atomic E-state index is -3.66. The summed E-state index contributed by atoms with van der Waals surface area (Å²) in [6.07, 6.45) is 2.68. The first-order chi connectivity index (χ1) is 18.8. The van der Waals surface area contributed by atoms with Gasteiger partial charge in [0.25, 0.3) is 5.91 Å². The number of sulfonamides is 1. The van der Waals surface area contributed by atoms with Crippen molar-refractivity contribution in [2.75, 3.05) is 19.6 Å². The van der Waals surface area contributed by atoms with Crippen LogP contribution in [-0.2, 0) is 21.2 Å². The first-order valence-corrected chi connectivity index (χ1v) is 15.3. The first-order valence-electron chi connectivity index (χ1n) is 12.9. The number of thioether (sulfide) groups is 1. The van der Waals surface area contributed by atoms with Crippen molar-refractivity contribution in [3.05, 3.63) is 103 Å². The van der Waals surface area contributed by atoms with Crippen LogP contribution in [0.3, 0.4) is 0 Å². The van der Waals surface area contributed by atoms with Gasteiger partial charge in [0.15, 0.2) is 0 Å². The average Bonchev–Trinajstić information content (AvgIpc) is 3.53. The molecule has 3 aromatic carbocycles. The molecule has 2 fully saturated rings. The topological polar surface area (TPSA) is 95.6 Å². The summed E-state index contributed by atoms with van der Waals surface area (Å²) in [6.45, 7) is 4.79. The number of hydrogen-bond acceptors (Lipinski definition) is 5. The molecule has 0 spiro atoms. The summed E-state index contributed by atoms with van der Waals surface area (Å²) < 4.78 is 28.0. The van der Waals surface area contributed by atoms with E-state index in [1.165, 1.54) is 22.5 Å². The predicted octanol–water partition coefficient (Wildman–Crippen LogP) is 4.08. The van der Waals surface area contributed by atoms with Crippen LogP contribution in [0.5, 0.6) is 0 Å². The molecule has 3 aromatic rings. The molecule has 7 nitrogen and oxygen atoms in total. The molecule has 2 N–H and O–H groups in total. The van der Waals surface area contributed by atoms with Crippen LogP contribution in [0.1, 0.15) is 22.3 Å². The van der Waals surface area contributed by atoms with Gasteiger partial charge in [0.2, 0.25) is 15.9 Å². The van der Waals surface area contributed by atoms with Gasteiger partial charge < -0.3 is 10.6 Å². The van der Waals surface area contributed by atoms with Crippen molar-refractivity contribution in [2.24, 2.45) is 5.92 Å². The Kier molecular flexibility index (Phi) is 8.20. The van der Waals surface area contributed by atoms with E-state index in [1.807, 2.05) is 18.2 Å². The maximum atomic E-state index is 13.2. The molecule has 0 saturated carbocycles. The van der Waals surface area contributed by atoms with Crippen molar-refractivity contribution < 1.29 is 18.0 Å². The number of nitrogens with one attached hydrogen (secondary N) is 2. The Balaban J connectivity index is 1.11. The van der Waals surface area contributed by atoms with Gasteiger partial charge in [0.05, 0.1) is 10.3 Å². The van der Waals surface area contributed by atoms with Crippen LogP contribution in [0.2, 0.25) is 0 Å². The van der Waals surface area contributed by atoms with Crippen molar-refractivity contribution in [3.8, 4) is 11.1 Å². The highest BCUT2D eigenvalue weighted by molar-refractivity contribution is 8.00. The fourth-order valence-corrected chi connectivity index (χ4v) is 8.34. The van der Waals surface area contributed by atoms with Gasteiger partial charge in [0.1, 0.15) is 0 Å². The number of benzene rings is 3. The van der Waals surface area contributed by atoms with Crippen LogP contribution in [0.15, 0.2) is 96.4 Å². The molecule has 2 amide bonds. The maximum Gasteiger partial charge on any atom is 0.251 e. The summed E-state index contributed by atoms with van der Waals surface area (Å²) in [4.78, 5) is 24.4. The van der Waals surface area contributed by atoms with Gasteiger partial charge in [-0.1, -0.05) is 61.2 Å². The maximum absolute atomic E-state index is 13.2. The average molecular weight is 562 g/mol. The van der Waals surface area contributed by atoms with E-state index in [2.05, 4.69) is 53.6 Å². The summed E-state index contributed by atoms with van der Waals surface area (Å²) in [6, 6.07) is 24.6. The van der Waals surface area contributed by atoms with Crippen molar-refractivity contribution in [1.29, 1.82) is 0 Å². The number of hydrogen-bond donors (Lipinski definition) is 2. The van der Waals surface area contributed by atoms with Crippen molar-refractivity contribution >= 4 is 33.6 Å². The smallest absolute Gasteiger partial charge is 0.251 e. The highest BCUT2D eigenvalue weighted by atomic mass is 32.2. The molecule has 2 heterocycles. The quantitative estimate of drug-likeness (QED) is 0.384. The van der Waals surface area contributed by atoms with E-state index in [0.29, 0.717) is 31.6 Å². The molecule has 0 aliphatic carbocycles. The van der Waals surface area contributed by atoms with Crippen molar-refractivity contribution in [3.63, 3.8) is 0 Å². The Morgan fingerprint density at radius 2 is 1.64 bits per heavy atom. The molecule has 2 aliphatic rings. The summed E-state index contributed by atoms with van der Waals surface area (Å²) in [5.41, 5.74) is 3.86. The number of carbonyl (C=O) groups is 2. The lowest BCUT2D eigenvalue weighted by molar-refractivity contribution is -0.116. The van der Waals surface area contributed by atoms with Gasteiger partial charge in [-0.25, -0.2) is 8.42 Å². The van der Waals surface area contributed by atoms with E-state index in [0.717, 1.165) is 23.1 Å². The van der Waals surface area contributed by atoms with Gasteiger partial charge in [-0.05, 0) is 65.8 Å². The summed E-state index contributed by atoms with van der Waals surface area (Å²) in [7, 11) is -3.66. The summed E-state index contributed by atoms with van der Waals surface area (Å²) >= 11 is 1.61. The van der Waals surface area contributed by atoms with Gasteiger partial charge >= 0.3 is 0 Å². The van der Waals surface area contributed by atoms with Crippen LogP contribution in [0.4, 0.5) is 0 Å². The molecule has 3 atom stereocenters. The lowest BCUT2D eigenvalue weighted by Gasteiger charge is -2.19. The molecule has 2 saturated heterocycles. The lowest BCUT2D eigenvalue weighted by Crippen LogP contribution is -2.33. The summed E-state index contributed by atoms with van der Waals surface area (Å²) in [5, 5.41) is 5.94. The third-order valence-corrected chi connectivity index (χ3v) is 10.6. The predicted molar refractivity (Wildman–Crippen MR) is 155 cm³/mol. The van der Waals surface area contributed by atoms with Crippen molar-refractivity contribution in [2.45, 2.75) is 28.4 Å². The third kappa shape index (κ3) is 6.27. The Morgan fingerprint density at radius 3 is 2.31 bits per heavy atom. The fraction of sp³-hybridized carbons (Fsp3) is 0.267. The zero-order chi connectivity index (χ0) is 27.4. The molecule has 2 aliphatic heterocycles. The molecule has 0 radical (unpaired) electrons. The van der Waals surface area contributed by atoms with E-state index >= 15 is 0 Å². The number of carbonyl (C=O) groups excluding carboxylic acids is 2. The number of rotatable bonds is 9. The monoisotopic (exact) mass is 561 g/mol. The first kappa shape index (κ1) is 27.2. The second-order valence-electron chi connectivity index (χ2n) is 9.79. The summed E-state index contributed by atoms with van der Waals surface area (Å²) in [5.74, 6) is -0.252. The molecule has 0 bridgehead atoms. The molecule has 202 valence electrons. The van der Waals surface area contributed by atoms with Crippen LogP contribution in [-0.4, -0.2) is 54.8 Å². The van der Waals surface area contributed by atoms with Gasteiger partial charge in [-0.3, -0.25) is 9.59 Å². The van der Waals surface area contributed by atoms with Crippen LogP contribution >= 0.6 is 11.8 Å². The highest BCUT2D eigenvalue weighted by Crippen LogP contribution is 2.43. The van der Waals surface area contributed by atoms with Crippen LogP contribution in [0.25, 0.3) is 11.1 Å². The number of amides is 2. The minimum Gasteiger partial charge on any atom is -0.352 e. The van der Waals surface area contributed by atoms with Crippen molar-refractivity contribution in [1.82, 2.24) is 14.9 Å². The molecule has 39 heavy (non-hydrogen) atoms. The zero-order valence-electron chi connectivity index (χ0n) is 21.5. The van der Waals surface area contributed by atoms with Crippen LogP contribution < -0.4 is 10.6 Å². The molecule has 3 unspecified atom stereocenters. The fourth-order valence-electron chi connectivity index (χ4n) is 5.08. The minimum absolute atomic E-state index is 0.0122. The molecule has 9 heteroatoms. The van der Waals surface area contributed by atoms with E-state index in [9.17, 15) is 18.0 Å². The largest absolute Gasteiger partial charge is 0.352 e.